The number of hydrogen-bond acceptors (Lipinski definition) is 3. The Morgan fingerprint density at radius 3 is 2.36 bits per heavy atom. The molecule has 4 rings (SSSR count). The standard InChI is InChI=1S/C27H31ClN4O/c1-18-16-19(10-15-22(18)28)8-6-5-7-9-23-29-26(30-24-17-25(33)31-32(23)24)20-11-13-21(14-12-20)27(2,3)4/h10-17H,5-9H2,1-4H3,(H,31,33). The Bertz CT molecular complexity index is 1310. The predicted molar refractivity (Wildman–Crippen MR) is 135 cm³/mol. The second kappa shape index (κ2) is 9.52. The van der Waals surface area contributed by atoms with Crippen LogP contribution in [0.2, 0.25) is 5.02 Å². The molecule has 0 atom stereocenters. The Kier molecular flexibility index (Phi) is 6.71. The summed E-state index contributed by atoms with van der Waals surface area (Å²) in [6.45, 7) is 8.63. The molecule has 172 valence electrons. The summed E-state index contributed by atoms with van der Waals surface area (Å²) in [7, 11) is 0. The Morgan fingerprint density at radius 1 is 0.939 bits per heavy atom. The highest BCUT2D eigenvalue weighted by Crippen LogP contribution is 2.25. The van der Waals surface area contributed by atoms with Gasteiger partial charge >= 0.3 is 0 Å². The molecule has 0 saturated heterocycles. The topological polar surface area (TPSA) is 63.0 Å². The lowest BCUT2D eigenvalue weighted by Gasteiger charge is -2.19. The lowest BCUT2D eigenvalue weighted by Crippen LogP contribution is -2.11. The minimum Gasteiger partial charge on any atom is -0.268 e. The maximum Gasteiger partial charge on any atom is 0.266 e. The number of nitrogens with one attached hydrogen (secondary N) is 1. The van der Waals surface area contributed by atoms with Crippen molar-refractivity contribution in [2.45, 2.75) is 65.2 Å². The highest BCUT2D eigenvalue weighted by Gasteiger charge is 2.15. The van der Waals surface area contributed by atoms with E-state index in [9.17, 15) is 4.79 Å². The fraction of sp³-hybridized carbons (Fsp3) is 0.370. The molecule has 6 heteroatoms. The van der Waals surface area contributed by atoms with Gasteiger partial charge in [-0.3, -0.25) is 9.89 Å². The molecule has 2 aromatic heterocycles. The first-order valence-corrected chi connectivity index (χ1v) is 11.9. The van der Waals surface area contributed by atoms with Crippen molar-refractivity contribution >= 4 is 17.2 Å². The van der Waals surface area contributed by atoms with Crippen LogP contribution in [0.1, 0.15) is 62.5 Å². The van der Waals surface area contributed by atoms with Gasteiger partial charge in [0.1, 0.15) is 5.82 Å². The number of aromatic amines is 1. The summed E-state index contributed by atoms with van der Waals surface area (Å²) < 4.78 is 1.72. The minimum atomic E-state index is -0.163. The van der Waals surface area contributed by atoms with Crippen LogP contribution >= 0.6 is 11.6 Å². The van der Waals surface area contributed by atoms with Gasteiger partial charge in [0.05, 0.1) is 0 Å². The van der Waals surface area contributed by atoms with Crippen molar-refractivity contribution in [3.8, 4) is 11.4 Å². The zero-order valence-electron chi connectivity index (χ0n) is 19.8. The molecule has 0 aliphatic carbocycles. The molecule has 2 aromatic carbocycles. The molecule has 0 fully saturated rings. The van der Waals surface area contributed by atoms with Gasteiger partial charge in [0, 0.05) is 23.1 Å². The molecule has 1 N–H and O–H groups in total. The van der Waals surface area contributed by atoms with Crippen molar-refractivity contribution in [1.29, 1.82) is 0 Å². The first kappa shape index (κ1) is 23.2. The van der Waals surface area contributed by atoms with Crippen molar-refractivity contribution < 1.29 is 0 Å². The van der Waals surface area contributed by atoms with E-state index in [0.717, 1.165) is 54.1 Å². The molecule has 0 spiro atoms. The fourth-order valence-electron chi connectivity index (χ4n) is 4.03. The highest BCUT2D eigenvalue weighted by molar-refractivity contribution is 6.31. The quantitative estimate of drug-likeness (QED) is 0.328. The summed E-state index contributed by atoms with van der Waals surface area (Å²) in [5.74, 6) is 1.49. The molecule has 0 unspecified atom stereocenters. The van der Waals surface area contributed by atoms with Gasteiger partial charge in [0.15, 0.2) is 11.5 Å². The van der Waals surface area contributed by atoms with Gasteiger partial charge in [0.25, 0.3) is 5.56 Å². The van der Waals surface area contributed by atoms with Gasteiger partial charge in [-0.25, -0.2) is 14.5 Å². The fourth-order valence-corrected chi connectivity index (χ4v) is 4.15. The average Bonchev–Trinajstić information content (AvgIpc) is 3.15. The van der Waals surface area contributed by atoms with E-state index in [0.29, 0.717) is 11.5 Å². The molecule has 2 heterocycles. The van der Waals surface area contributed by atoms with Crippen molar-refractivity contribution in [1.82, 2.24) is 19.6 Å². The predicted octanol–water partition coefficient (Wildman–Crippen LogP) is 6.30. The molecule has 0 saturated carbocycles. The number of benzene rings is 2. The third kappa shape index (κ3) is 5.53. The lowest BCUT2D eigenvalue weighted by atomic mass is 9.87. The SMILES string of the molecule is Cc1cc(CCCCCc2nc(-c3ccc(C(C)(C)C)cc3)nc3cc(=O)[nH]n23)ccc1Cl. The number of rotatable bonds is 7. The van der Waals surface area contributed by atoms with E-state index in [-0.39, 0.29) is 11.0 Å². The first-order valence-electron chi connectivity index (χ1n) is 11.6. The smallest absolute Gasteiger partial charge is 0.266 e. The van der Waals surface area contributed by atoms with Crippen LogP contribution in [0.5, 0.6) is 0 Å². The molecule has 4 aromatic rings. The van der Waals surface area contributed by atoms with E-state index < -0.39 is 0 Å². The first-order chi connectivity index (χ1) is 15.7. The van der Waals surface area contributed by atoms with Crippen molar-refractivity contribution in [2.75, 3.05) is 0 Å². The molecular formula is C27H31ClN4O. The molecule has 5 nitrogen and oxygen atoms in total. The van der Waals surface area contributed by atoms with E-state index in [4.69, 9.17) is 16.6 Å². The molecule has 0 amide bonds. The summed E-state index contributed by atoms with van der Waals surface area (Å²) in [5.41, 5.74) is 5.20. The van der Waals surface area contributed by atoms with Crippen LogP contribution in [-0.2, 0) is 18.3 Å². The summed E-state index contributed by atoms with van der Waals surface area (Å²) in [5, 5.41) is 3.65. The number of H-pyrrole nitrogens is 1. The van der Waals surface area contributed by atoms with Gasteiger partial charge in [-0.15, -0.1) is 0 Å². The second-order valence-corrected chi connectivity index (χ2v) is 10.2. The highest BCUT2D eigenvalue weighted by atomic mass is 35.5. The van der Waals surface area contributed by atoms with Gasteiger partial charge in [0.2, 0.25) is 0 Å². The van der Waals surface area contributed by atoms with Crippen molar-refractivity contribution in [3.63, 3.8) is 0 Å². The van der Waals surface area contributed by atoms with Crippen LogP contribution in [0.4, 0.5) is 0 Å². The summed E-state index contributed by atoms with van der Waals surface area (Å²) in [4.78, 5) is 21.4. The van der Waals surface area contributed by atoms with Crippen LogP contribution in [0, 0.1) is 6.92 Å². The van der Waals surface area contributed by atoms with Crippen LogP contribution in [-0.4, -0.2) is 19.6 Å². The largest absolute Gasteiger partial charge is 0.268 e. The Morgan fingerprint density at radius 2 is 1.67 bits per heavy atom. The summed E-state index contributed by atoms with van der Waals surface area (Å²) in [6, 6.07) is 16.2. The average molecular weight is 463 g/mol. The Balaban J connectivity index is 1.47. The zero-order chi connectivity index (χ0) is 23.6. The molecule has 0 aliphatic heterocycles. The summed E-state index contributed by atoms with van der Waals surface area (Å²) >= 11 is 6.13. The van der Waals surface area contributed by atoms with E-state index in [1.807, 2.05) is 13.0 Å². The van der Waals surface area contributed by atoms with E-state index in [1.54, 1.807) is 4.52 Å². The van der Waals surface area contributed by atoms with Gasteiger partial charge in [-0.1, -0.05) is 75.2 Å². The second-order valence-electron chi connectivity index (χ2n) is 9.75. The zero-order valence-corrected chi connectivity index (χ0v) is 20.5. The van der Waals surface area contributed by atoms with Gasteiger partial charge < -0.3 is 0 Å². The van der Waals surface area contributed by atoms with Crippen molar-refractivity contribution in [3.05, 3.63) is 86.4 Å². The molecule has 33 heavy (non-hydrogen) atoms. The number of fused-ring (bicyclic) bond motifs is 1. The lowest BCUT2D eigenvalue weighted by molar-refractivity contribution is 0.590. The van der Waals surface area contributed by atoms with E-state index in [2.05, 4.69) is 67.3 Å². The van der Waals surface area contributed by atoms with Crippen molar-refractivity contribution in [2.24, 2.45) is 0 Å². The van der Waals surface area contributed by atoms with Gasteiger partial charge in [-0.05, 0) is 54.4 Å². The van der Waals surface area contributed by atoms with E-state index >= 15 is 0 Å². The number of halogens is 1. The number of hydrogen-bond donors (Lipinski definition) is 1. The van der Waals surface area contributed by atoms with Gasteiger partial charge in [-0.2, -0.15) is 0 Å². The Hall–Kier alpha value is -2.92. The minimum absolute atomic E-state index is 0.0904. The number of aromatic nitrogens is 4. The third-order valence-corrected chi connectivity index (χ3v) is 6.45. The number of aryl methyl sites for hydroxylation is 3. The Labute approximate surface area is 199 Å². The molecule has 0 aliphatic rings. The van der Waals surface area contributed by atoms with Crippen LogP contribution in [0.15, 0.2) is 53.3 Å². The molecule has 0 bridgehead atoms. The maximum atomic E-state index is 12.0. The van der Waals surface area contributed by atoms with Crippen LogP contribution in [0.3, 0.4) is 0 Å². The van der Waals surface area contributed by atoms with E-state index in [1.165, 1.54) is 17.2 Å². The number of unbranched alkanes of at least 4 members (excludes halogenated alkanes) is 2. The van der Waals surface area contributed by atoms with Crippen LogP contribution < -0.4 is 5.56 Å². The van der Waals surface area contributed by atoms with Crippen LogP contribution in [0.25, 0.3) is 17.0 Å². The number of nitrogens with zero attached hydrogens (tertiary/aromatic N) is 3. The monoisotopic (exact) mass is 462 g/mol. The normalized spacial score (nSPS) is 11.9. The molecular weight excluding hydrogens is 432 g/mol. The third-order valence-electron chi connectivity index (χ3n) is 6.02. The maximum absolute atomic E-state index is 12.0. The molecule has 0 radical (unpaired) electrons. The summed E-state index contributed by atoms with van der Waals surface area (Å²) in [6.07, 6.45) is 4.97.